The van der Waals surface area contributed by atoms with Crippen molar-refractivity contribution in [3.8, 4) is 0 Å². The summed E-state index contributed by atoms with van der Waals surface area (Å²) < 4.78 is 43.3. The van der Waals surface area contributed by atoms with Gasteiger partial charge in [0.25, 0.3) is 5.91 Å². The summed E-state index contributed by atoms with van der Waals surface area (Å²) in [6.07, 6.45) is -4.02. The van der Waals surface area contributed by atoms with E-state index in [1.54, 1.807) is 6.20 Å². The minimum Gasteiger partial charge on any atom is -0.452 e. The molecule has 0 unspecified atom stereocenters. The summed E-state index contributed by atoms with van der Waals surface area (Å²) in [5.74, 6) is -1.33. The molecule has 0 aliphatic heterocycles. The van der Waals surface area contributed by atoms with E-state index in [1.165, 1.54) is 19.1 Å². The maximum Gasteiger partial charge on any atom is 0.416 e. The SMILES string of the molecule is C[C@H](OC(=O)Cc1c[nH]c2ccccc12)C(=O)Nc1cccc(C(F)(F)F)c1. The molecular formula is C20H17F3N2O3. The minimum absolute atomic E-state index is 0.0284. The summed E-state index contributed by atoms with van der Waals surface area (Å²) >= 11 is 0. The fraction of sp³-hybridized carbons (Fsp3) is 0.200. The molecule has 146 valence electrons. The lowest BCUT2D eigenvalue weighted by atomic mass is 10.1. The molecule has 2 aromatic carbocycles. The standard InChI is InChI=1S/C20H17F3N2O3/c1-12(19(27)25-15-6-4-5-14(10-15)20(21,22)23)28-18(26)9-13-11-24-17-8-3-2-7-16(13)17/h2-8,10-12,24H,9H2,1H3,(H,25,27)/t12-/m0/s1. The van der Waals surface area contributed by atoms with Gasteiger partial charge in [0, 0.05) is 22.8 Å². The van der Waals surface area contributed by atoms with E-state index in [9.17, 15) is 22.8 Å². The number of halogens is 3. The molecule has 8 heteroatoms. The van der Waals surface area contributed by atoms with Gasteiger partial charge in [0.1, 0.15) is 0 Å². The molecule has 0 radical (unpaired) electrons. The number of nitrogens with one attached hydrogen (secondary N) is 2. The largest absolute Gasteiger partial charge is 0.452 e. The first-order chi connectivity index (χ1) is 13.2. The van der Waals surface area contributed by atoms with Crippen LogP contribution in [0.1, 0.15) is 18.1 Å². The quantitative estimate of drug-likeness (QED) is 0.638. The van der Waals surface area contributed by atoms with Crippen LogP contribution >= 0.6 is 0 Å². The molecule has 0 spiro atoms. The molecule has 3 rings (SSSR count). The Balaban J connectivity index is 1.60. The molecule has 1 amide bonds. The van der Waals surface area contributed by atoms with Crippen molar-refractivity contribution in [3.05, 3.63) is 65.9 Å². The Kier molecular flexibility index (Phi) is 5.39. The number of hydrogen-bond donors (Lipinski definition) is 2. The van der Waals surface area contributed by atoms with Gasteiger partial charge in [0.05, 0.1) is 12.0 Å². The molecule has 1 aromatic heterocycles. The number of aromatic nitrogens is 1. The molecule has 0 bridgehead atoms. The Labute approximate surface area is 158 Å². The van der Waals surface area contributed by atoms with Crippen LogP contribution in [0.15, 0.2) is 54.7 Å². The number of esters is 1. The molecule has 5 nitrogen and oxygen atoms in total. The third-order valence-electron chi connectivity index (χ3n) is 4.14. The summed E-state index contributed by atoms with van der Waals surface area (Å²) in [5.41, 5.74) is 0.695. The third-order valence-corrected chi connectivity index (χ3v) is 4.14. The fourth-order valence-corrected chi connectivity index (χ4v) is 2.74. The van der Waals surface area contributed by atoms with Gasteiger partial charge >= 0.3 is 12.1 Å². The van der Waals surface area contributed by atoms with Crippen LogP contribution in [-0.4, -0.2) is 23.0 Å². The van der Waals surface area contributed by atoms with Crippen molar-refractivity contribution in [2.24, 2.45) is 0 Å². The molecule has 0 saturated carbocycles. The average Bonchev–Trinajstić information content (AvgIpc) is 3.04. The van der Waals surface area contributed by atoms with Crippen molar-refractivity contribution in [2.45, 2.75) is 25.6 Å². The Bertz CT molecular complexity index is 1010. The maximum absolute atomic E-state index is 12.7. The van der Waals surface area contributed by atoms with Crippen LogP contribution in [0.2, 0.25) is 0 Å². The first kappa shape index (κ1) is 19.5. The molecule has 0 aliphatic carbocycles. The van der Waals surface area contributed by atoms with Gasteiger partial charge in [-0.2, -0.15) is 13.2 Å². The van der Waals surface area contributed by atoms with E-state index in [0.29, 0.717) is 0 Å². The smallest absolute Gasteiger partial charge is 0.416 e. The second-order valence-corrected chi connectivity index (χ2v) is 6.24. The number of fused-ring (bicyclic) bond motifs is 1. The van der Waals surface area contributed by atoms with Crippen molar-refractivity contribution in [1.29, 1.82) is 0 Å². The van der Waals surface area contributed by atoms with Crippen LogP contribution in [0.5, 0.6) is 0 Å². The third kappa shape index (κ3) is 4.51. The van der Waals surface area contributed by atoms with Gasteiger partial charge < -0.3 is 15.0 Å². The van der Waals surface area contributed by atoms with Crippen molar-refractivity contribution in [2.75, 3.05) is 5.32 Å². The van der Waals surface area contributed by atoms with Gasteiger partial charge in [0.2, 0.25) is 0 Å². The lowest BCUT2D eigenvalue weighted by molar-refractivity contribution is -0.152. The Morgan fingerprint density at radius 3 is 2.64 bits per heavy atom. The summed E-state index contributed by atoms with van der Waals surface area (Å²) in [6, 6.07) is 11.7. The molecule has 0 fully saturated rings. The minimum atomic E-state index is -4.52. The number of hydrogen-bond acceptors (Lipinski definition) is 3. The Morgan fingerprint density at radius 1 is 1.14 bits per heavy atom. The monoisotopic (exact) mass is 390 g/mol. The van der Waals surface area contributed by atoms with Crippen LogP contribution in [0.3, 0.4) is 0 Å². The highest BCUT2D eigenvalue weighted by Crippen LogP contribution is 2.30. The molecule has 1 heterocycles. The number of amides is 1. The normalized spacial score (nSPS) is 12.6. The number of carbonyl (C=O) groups is 2. The van der Waals surface area contributed by atoms with Crippen LogP contribution in [0.4, 0.5) is 18.9 Å². The van der Waals surface area contributed by atoms with Gasteiger partial charge in [-0.15, -0.1) is 0 Å². The van der Waals surface area contributed by atoms with Gasteiger partial charge in [-0.05, 0) is 36.8 Å². The van der Waals surface area contributed by atoms with Gasteiger partial charge in [-0.25, -0.2) is 0 Å². The number of ether oxygens (including phenoxy) is 1. The Hall–Kier alpha value is -3.29. The maximum atomic E-state index is 12.7. The second kappa shape index (κ2) is 7.75. The lowest BCUT2D eigenvalue weighted by Crippen LogP contribution is -2.30. The summed E-state index contributed by atoms with van der Waals surface area (Å²) in [7, 11) is 0. The molecule has 3 aromatic rings. The highest BCUT2D eigenvalue weighted by molar-refractivity contribution is 5.95. The topological polar surface area (TPSA) is 71.2 Å². The van der Waals surface area contributed by atoms with E-state index in [0.717, 1.165) is 28.6 Å². The van der Waals surface area contributed by atoms with Crippen LogP contribution in [0, 0.1) is 0 Å². The van der Waals surface area contributed by atoms with Crippen molar-refractivity contribution in [3.63, 3.8) is 0 Å². The zero-order valence-corrected chi connectivity index (χ0v) is 14.8. The van der Waals surface area contributed by atoms with E-state index < -0.39 is 29.7 Å². The Morgan fingerprint density at radius 2 is 1.89 bits per heavy atom. The molecular weight excluding hydrogens is 373 g/mol. The molecule has 28 heavy (non-hydrogen) atoms. The lowest BCUT2D eigenvalue weighted by Gasteiger charge is -2.14. The van der Waals surface area contributed by atoms with Crippen LogP contribution in [0.25, 0.3) is 10.9 Å². The highest BCUT2D eigenvalue weighted by atomic mass is 19.4. The fourth-order valence-electron chi connectivity index (χ4n) is 2.74. The number of H-pyrrole nitrogens is 1. The number of anilines is 1. The van der Waals surface area contributed by atoms with Gasteiger partial charge in [-0.3, -0.25) is 9.59 Å². The molecule has 0 aliphatic rings. The zero-order chi connectivity index (χ0) is 20.3. The number of para-hydroxylation sites is 1. The number of aromatic amines is 1. The summed E-state index contributed by atoms with van der Waals surface area (Å²) in [5, 5.41) is 3.20. The van der Waals surface area contributed by atoms with Gasteiger partial charge in [0.15, 0.2) is 6.10 Å². The first-order valence-corrected chi connectivity index (χ1v) is 8.46. The molecule has 1 atom stereocenters. The number of alkyl halides is 3. The predicted octanol–water partition coefficient (Wildman–Crippen LogP) is 4.30. The average molecular weight is 390 g/mol. The zero-order valence-electron chi connectivity index (χ0n) is 14.8. The van der Waals surface area contributed by atoms with Crippen molar-refractivity contribution in [1.82, 2.24) is 4.98 Å². The van der Waals surface area contributed by atoms with E-state index in [1.807, 2.05) is 24.3 Å². The highest BCUT2D eigenvalue weighted by Gasteiger charge is 2.30. The van der Waals surface area contributed by atoms with Crippen LogP contribution in [-0.2, 0) is 26.9 Å². The van der Waals surface area contributed by atoms with Crippen LogP contribution < -0.4 is 5.32 Å². The molecule has 0 saturated heterocycles. The van der Waals surface area contributed by atoms with Crippen molar-refractivity contribution < 1.29 is 27.5 Å². The number of benzene rings is 2. The first-order valence-electron chi connectivity index (χ1n) is 8.46. The van der Waals surface area contributed by atoms with Gasteiger partial charge in [-0.1, -0.05) is 24.3 Å². The van der Waals surface area contributed by atoms with E-state index in [2.05, 4.69) is 10.3 Å². The number of rotatable bonds is 5. The molecule has 2 N–H and O–H groups in total. The van der Waals surface area contributed by atoms with E-state index >= 15 is 0 Å². The van der Waals surface area contributed by atoms with E-state index in [-0.39, 0.29) is 12.1 Å². The predicted molar refractivity (Wildman–Crippen MR) is 97.6 cm³/mol. The second-order valence-electron chi connectivity index (χ2n) is 6.24. The van der Waals surface area contributed by atoms with E-state index in [4.69, 9.17) is 4.74 Å². The summed E-state index contributed by atoms with van der Waals surface area (Å²) in [6.45, 7) is 1.36. The van der Waals surface area contributed by atoms with Crippen molar-refractivity contribution >= 4 is 28.5 Å². The summed E-state index contributed by atoms with van der Waals surface area (Å²) in [4.78, 5) is 27.3. The number of carbonyl (C=O) groups excluding carboxylic acids is 2.